The molecule has 0 N–H and O–H groups in total. The summed E-state index contributed by atoms with van der Waals surface area (Å²) in [5.41, 5.74) is 1.19. The fraction of sp³-hybridized carbons (Fsp3) is 0.278. The van der Waals surface area contributed by atoms with Crippen molar-refractivity contribution < 1.29 is 22.7 Å². The molecule has 128 valence electrons. The lowest BCUT2D eigenvalue weighted by atomic mass is 10.2. The van der Waals surface area contributed by atoms with Crippen LogP contribution in [0.25, 0.3) is 0 Å². The predicted octanol–water partition coefficient (Wildman–Crippen LogP) is 2.89. The van der Waals surface area contributed by atoms with E-state index in [1.165, 1.54) is 12.1 Å². The van der Waals surface area contributed by atoms with E-state index < -0.39 is 15.8 Å². The molecule has 0 atom stereocenters. The maximum Gasteiger partial charge on any atom is 0.339 e. The van der Waals surface area contributed by atoms with Crippen LogP contribution in [-0.4, -0.2) is 33.9 Å². The van der Waals surface area contributed by atoms with Gasteiger partial charge in [0, 0.05) is 6.26 Å². The van der Waals surface area contributed by atoms with Crippen LogP contribution in [-0.2, 0) is 21.0 Å². The zero-order valence-electron chi connectivity index (χ0n) is 13.7. The van der Waals surface area contributed by atoms with Crippen LogP contribution in [0.15, 0.2) is 53.4 Å². The standard InChI is InChI=1S/C18H20O5S/c1-3-14-7-6-8-15(13-14)22-11-12-23-18(19)16-9-4-5-10-17(16)24(2,20)21/h4-10,13H,3,11-12H2,1-2H3. The highest BCUT2D eigenvalue weighted by atomic mass is 32.2. The van der Waals surface area contributed by atoms with Gasteiger partial charge in [0.2, 0.25) is 0 Å². The Morgan fingerprint density at radius 2 is 1.79 bits per heavy atom. The molecular weight excluding hydrogens is 328 g/mol. The average Bonchev–Trinajstić information content (AvgIpc) is 2.58. The highest BCUT2D eigenvalue weighted by Crippen LogP contribution is 2.17. The van der Waals surface area contributed by atoms with E-state index in [1.807, 2.05) is 24.3 Å². The first-order chi connectivity index (χ1) is 11.4. The zero-order valence-corrected chi connectivity index (χ0v) is 14.5. The van der Waals surface area contributed by atoms with Crippen LogP contribution < -0.4 is 4.74 Å². The summed E-state index contributed by atoms with van der Waals surface area (Å²) >= 11 is 0. The second-order valence-corrected chi connectivity index (χ2v) is 7.24. The molecule has 6 heteroatoms. The summed E-state index contributed by atoms with van der Waals surface area (Å²) < 4.78 is 34.1. The van der Waals surface area contributed by atoms with E-state index in [1.54, 1.807) is 12.1 Å². The minimum absolute atomic E-state index is 0.0350. The zero-order chi connectivity index (χ0) is 17.6. The molecule has 24 heavy (non-hydrogen) atoms. The molecule has 0 aliphatic rings. The molecule has 2 rings (SSSR count). The van der Waals surface area contributed by atoms with Crippen LogP contribution in [0.3, 0.4) is 0 Å². The van der Waals surface area contributed by atoms with Crippen LogP contribution in [0.4, 0.5) is 0 Å². The van der Waals surface area contributed by atoms with Crippen LogP contribution in [0.2, 0.25) is 0 Å². The van der Waals surface area contributed by atoms with Crippen molar-refractivity contribution in [3.63, 3.8) is 0 Å². The second kappa shape index (κ2) is 7.97. The third-order valence-corrected chi connectivity index (χ3v) is 4.55. The molecule has 0 amide bonds. The number of ether oxygens (including phenoxy) is 2. The first-order valence-corrected chi connectivity index (χ1v) is 9.49. The number of esters is 1. The summed E-state index contributed by atoms with van der Waals surface area (Å²) in [4.78, 5) is 12.0. The predicted molar refractivity (Wildman–Crippen MR) is 91.1 cm³/mol. The monoisotopic (exact) mass is 348 g/mol. The molecule has 0 saturated heterocycles. The number of aryl methyl sites for hydroxylation is 1. The van der Waals surface area contributed by atoms with Gasteiger partial charge >= 0.3 is 5.97 Å². The van der Waals surface area contributed by atoms with E-state index in [-0.39, 0.29) is 23.7 Å². The third-order valence-electron chi connectivity index (χ3n) is 3.40. The van der Waals surface area contributed by atoms with Gasteiger partial charge < -0.3 is 9.47 Å². The van der Waals surface area contributed by atoms with Crippen molar-refractivity contribution in [3.8, 4) is 5.75 Å². The number of hydrogen-bond donors (Lipinski definition) is 0. The number of sulfone groups is 1. The summed E-state index contributed by atoms with van der Waals surface area (Å²) in [6.45, 7) is 2.29. The Bertz CT molecular complexity index is 812. The number of rotatable bonds is 7. The molecular formula is C18H20O5S. The quantitative estimate of drug-likeness (QED) is 0.568. The third kappa shape index (κ3) is 4.83. The molecule has 0 saturated carbocycles. The maximum absolute atomic E-state index is 12.1. The summed E-state index contributed by atoms with van der Waals surface area (Å²) in [7, 11) is -3.49. The molecule has 0 heterocycles. The Kier molecular flexibility index (Phi) is 5.98. The lowest BCUT2D eigenvalue weighted by Crippen LogP contribution is -2.15. The largest absolute Gasteiger partial charge is 0.490 e. The van der Waals surface area contributed by atoms with E-state index in [2.05, 4.69) is 6.92 Å². The van der Waals surface area contributed by atoms with Crippen molar-refractivity contribution >= 4 is 15.8 Å². The average molecular weight is 348 g/mol. The summed E-state index contributed by atoms with van der Waals surface area (Å²) in [6.07, 6.45) is 1.97. The highest BCUT2D eigenvalue weighted by Gasteiger charge is 2.19. The first kappa shape index (κ1) is 18.0. The van der Waals surface area contributed by atoms with Gasteiger partial charge in [-0.25, -0.2) is 13.2 Å². The smallest absolute Gasteiger partial charge is 0.339 e. The lowest BCUT2D eigenvalue weighted by molar-refractivity contribution is 0.0446. The minimum atomic E-state index is -3.49. The van der Waals surface area contributed by atoms with Crippen molar-refractivity contribution in [1.29, 1.82) is 0 Å². The van der Waals surface area contributed by atoms with E-state index in [0.29, 0.717) is 5.75 Å². The molecule has 0 aromatic heterocycles. The summed E-state index contributed by atoms with van der Waals surface area (Å²) in [6, 6.07) is 13.7. The van der Waals surface area contributed by atoms with Crippen molar-refractivity contribution in [2.45, 2.75) is 18.2 Å². The van der Waals surface area contributed by atoms with Crippen LogP contribution in [0.1, 0.15) is 22.8 Å². The van der Waals surface area contributed by atoms with Crippen molar-refractivity contribution in [2.75, 3.05) is 19.5 Å². The fourth-order valence-corrected chi connectivity index (χ4v) is 3.06. The van der Waals surface area contributed by atoms with Gasteiger partial charge in [-0.2, -0.15) is 0 Å². The van der Waals surface area contributed by atoms with E-state index in [9.17, 15) is 13.2 Å². The normalized spacial score (nSPS) is 11.1. The van der Waals surface area contributed by atoms with Crippen LogP contribution in [0.5, 0.6) is 5.75 Å². The Morgan fingerprint density at radius 1 is 1.04 bits per heavy atom. The topological polar surface area (TPSA) is 69.7 Å². The molecule has 0 aliphatic carbocycles. The number of carbonyl (C=O) groups excluding carboxylic acids is 1. The van der Waals surface area contributed by atoms with Crippen molar-refractivity contribution in [1.82, 2.24) is 0 Å². The van der Waals surface area contributed by atoms with Crippen molar-refractivity contribution in [3.05, 3.63) is 59.7 Å². The molecule has 0 unspecified atom stereocenters. The van der Waals surface area contributed by atoms with E-state index in [4.69, 9.17) is 9.47 Å². The van der Waals surface area contributed by atoms with Crippen LogP contribution >= 0.6 is 0 Å². The Labute approximate surface area is 142 Å². The molecule has 0 bridgehead atoms. The van der Waals surface area contributed by atoms with Gasteiger partial charge in [0.15, 0.2) is 9.84 Å². The number of carbonyl (C=O) groups is 1. The Hall–Kier alpha value is -2.34. The number of hydrogen-bond acceptors (Lipinski definition) is 5. The Balaban J connectivity index is 1.92. The van der Waals surface area contributed by atoms with E-state index in [0.717, 1.165) is 18.2 Å². The molecule has 0 fully saturated rings. The molecule has 0 spiro atoms. The molecule has 2 aromatic carbocycles. The lowest BCUT2D eigenvalue weighted by Gasteiger charge is -2.10. The van der Waals surface area contributed by atoms with Gasteiger partial charge in [-0.1, -0.05) is 31.2 Å². The van der Waals surface area contributed by atoms with Crippen molar-refractivity contribution in [2.24, 2.45) is 0 Å². The molecule has 5 nitrogen and oxygen atoms in total. The maximum atomic E-state index is 12.1. The summed E-state index contributed by atoms with van der Waals surface area (Å²) in [5.74, 6) is 0.0314. The highest BCUT2D eigenvalue weighted by molar-refractivity contribution is 7.90. The molecule has 0 radical (unpaired) electrons. The molecule has 0 aliphatic heterocycles. The minimum Gasteiger partial charge on any atom is -0.490 e. The van der Waals surface area contributed by atoms with Gasteiger partial charge in [0.05, 0.1) is 10.5 Å². The van der Waals surface area contributed by atoms with Gasteiger partial charge in [-0.15, -0.1) is 0 Å². The van der Waals surface area contributed by atoms with E-state index >= 15 is 0 Å². The summed E-state index contributed by atoms with van der Waals surface area (Å²) in [5, 5.41) is 0. The first-order valence-electron chi connectivity index (χ1n) is 7.59. The fourth-order valence-electron chi connectivity index (χ4n) is 2.19. The van der Waals surface area contributed by atoms with Crippen LogP contribution in [0, 0.1) is 0 Å². The molecule has 2 aromatic rings. The van der Waals surface area contributed by atoms with Gasteiger partial charge in [-0.05, 0) is 36.2 Å². The SMILES string of the molecule is CCc1cccc(OCCOC(=O)c2ccccc2S(C)(=O)=O)c1. The van der Waals surface area contributed by atoms with Gasteiger partial charge in [0.25, 0.3) is 0 Å². The Morgan fingerprint density at radius 3 is 2.50 bits per heavy atom. The number of benzene rings is 2. The second-order valence-electron chi connectivity index (χ2n) is 5.25. The van der Waals surface area contributed by atoms with Gasteiger partial charge in [-0.3, -0.25) is 0 Å². The van der Waals surface area contributed by atoms with Gasteiger partial charge in [0.1, 0.15) is 19.0 Å².